The summed E-state index contributed by atoms with van der Waals surface area (Å²) in [5, 5.41) is 8.09. The fourth-order valence-electron chi connectivity index (χ4n) is 2.34. The second kappa shape index (κ2) is 7.28. The van der Waals surface area contributed by atoms with E-state index in [9.17, 15) is 13.6 Å². The van der Waals surface area contributed by atoms with Crippen LogP contribution < -0.4 is 0 Å². The quantitative estimate of drug-likeness (QED) is 0.612. The number of thiazole rings is 1. The second-order valence-corrected chi connectivity index (χ2v) is 6.52. The van der Waals surface area contributed by atoms with Gasteiger partial charge >= 0.3 is 5.97 Å². The molecule has 26 heavy (non-hydrogen) atoms. The molecule has 2 aromatic heterocycles. The van der Waals surface area contributed by atoms with E-state index in [1.54, 1.807) is 32.0 Å². The van der Waals surface area contributed by atoms with Crippen molar-refractivity contribution >= 4 is 17.3 Å². The third-order valence-electron chi connectivity index (χ3n) is 3.57. The van der Waals surface area contributed by atoms with Crippen LogP contribution in [0.5, 0.6) is 0 Å². The first kappa shape index (κ1) is 18.1. The minimum Gasteiger partial charge on any atom is -0.462 e. The van der Waals surface area contributed by atoms with Gasteiger partial charge in [0.05, 0.1) is 18.5 Å². The van der Waals surface area contributed by atoms with E-state index >= 15 is 0 Å². The molecule has 3 rings (SSSR count). The summed E-state index contributed by atoms with van der Waals surface area (Å²) in [5.74, 6) is -3.54. The number of aromatic nitrogens is 4. The van der Waals surface area contributed by atoms with Gasteiger partial charge in [0.1, 0.15) is 22.1 Å². The number of esters is 1. The number of rotatable bonds is 6. The molecular formula is C17H16F2N4O2S. The van der Waals surface area contributed by atoms with Gasteiger partial charge in [0.15, 0.2) is 0 Å². The molecule has 0 bridgehead atoms. The van der Waals surface area contributed by atoms with Gasteiger partial charge in [-0.2, -0.15) is 8.78 Å². The molecule has 9 heteroatoms. The number of carbonyl (C=O) groups excluding carboxylic acids is 1. The SMILES string of the molecule is CCOC(=O)c1sc(-c2cn(CC(F)(F)c3ccccc3)nn2)nc1C. The number of aryl methyl sites for hydroxylation is 1. The van der Waals surface area contributed by atoms with Gasteiger partial charge in [-0.1, -0.05) is 35.5 Å². The lowest BCUT2D eigenvalue weighted by Crippen LogP contribution is -2.21. The number of halogens is 2. The summed E-state index contributed by atoms with van der Waals surface area (Å²) in [5.41, 5.74) is 0.747. The zero-order chi connectivity index (χ0) is 18.7. The number of benzene rings is 1. The lowest BCUT2D eigenvalue weighted by Gasteiger charge is -2.15. The number of alkyl halides is 2. The zero-order valence-corrected chi connectivity index (χ0v) is 15.0. The van der Waals surface area contributed by atoms with Crippen molar-refractivity contribution in [3.63, 3.8) is 0 Å². The van der Waals surface area contributed by atoms with Crippen molar-refractivity contribution in [3.8, 4) is 10.7 Å². The van der Waals surface area contributed by atoms with Gasteiger partial charge in [-0.25, -0.2) is 14.5 Å². The minimum absolute atomic E-state index is 0.0910. The van der Waals surface area contributed by atoms with Crippen molar-refractivity contribution < 1.29 is 18.3 Å². The van der Waals surface area contributed by atoms with Crippen molar-refractivity contribution in [1.82, 2.24) is 20.0 Å². The summed E-state index contributed by atoms with van der Waals surface area (Å²) in [6.45, 7) is 3.02. The molecule has 3 aromatic rings. The molecular weight excluding hydrogens is 362 g/mol. The molecule has 0 fully saturated rings. The summed E-state index contributed by atoms with van der Waals surface area (Å²) in [7, 11) is 0. The minimum atomic E-state index is -3.08. The number of ether oxygens (including phenoxy) is 1. The average molecular weight is 378 g/mol. The van der Waals surface area contributed by atoms with Gasteiger partial charge in [-0.05, 0) is 13.8 Å². The van der Waals surface area contributed by atoms with Crippen LogP contribution in [0, 0.1) is 6.92 Å². The highest BCUT2D eigenvalue weighted by atomic mass is 32.1. The van der Waals surface area contributed by atoms with Crippen molar-refractivity contribution in [2.75, 3.05) is 6.61 Å². The lowest BCUT2D eigenvalue weighted by atomic mass is 10.1. The molecule has 0 aliphatic carbocycles. The van der Waals surface area contributed by atoms with E-state index in [-0.39, 0.29) is 12.2 Å². The molecule has 0 unspecified atom stereocenters. The molecule has 136 valence electrons. The molecule has 0 aliphatic rings. The van der Waals surface area contributed by atoms with Crippen LogP contribution in [0.3, 0.4) is 0 Å². The van der Waals surface area contributed by atoms with Crippen LogP contribution in [0.1, 0.15) is 27.9 Å². The standard InChI is InChI=1S/C17H16F2N4O2S/c1-3-25-16(24)14-11(2)20-15(26-14)13-9-23(22-21-13)10-17(18,19)12-7-5-4-6-8-12/h4-9H,3,10H2,1-2H3. The Kier molecular flexibility index (Phi) is 5.08. The number of hydrogen-bond donors (Lipinski definition) is 0. The monoisotopic (exact) mass is 378 g/mol. The number of hydrogen-bond acceptors (Lipinski definition) is 6. The highest BCUT2D eigenvalue weighted by Crippen LogP contribution is 2.31. The van der Waals surface area contributed by atoms with E-state index in [1.165, 1.54) is 18.3 Å². The molecule has 2 heterocycles. The fourth-order valence-corrected chi connectivity index (χ4v) is 3.25. The maximum atomic E-state index is 14.3. The highest BCUT2D eigenvalue weighted by molar-refractivity contribution is 7.17. The molecule has 0 saturated carbocycles. The molecule has 0 saturated heterocycles. The summed E-state index contributed by atoms with van der Waals surface area (Å²) in [4.78, 5) is 16.5. The summed E-state index contributed by atoms with van der Waals surface area (Å²) >= 11 is 1.10. The van der Waals surface area contributed by atoms with Gasteiger partial charge in [-0.15, -0.1) is 16.4 Å². The normalized spacial score (nSPS) is 11.5. The van der Waals surface area contributed by atoms with Crippen LogP contribution in [-0.2, 0) is 17.2 Å². The topological polar surface area (TPSA) is 69.9 Å². The van der Waals surface area contributed by atoms with E-state index in [1.807, 2.05) is 0 Å². The molecule has 0 N–H and O–H groups in total. The van der Waals surface area contributed by atoms with Crippen LogP contribution in [0.2, 0.25) is 0 Å². The van der Waals surface area contributed by atoms with E-state index in [0.29, 0.717) is 21.3 Å². The first-order valence-electron chi connectivity index (χ1n) is 7.89. The van der Waals surface area contributed by atoms with Gasteiger partial charge in [-0.3, -0.25) is 0 Å². The van der Waals surface area contributed by atoms with Gasteiger partial charge in [0.25, 0.3) is 5.92 Å². The molecule has 0 amide bonds. The van der Waals surface area contributed by atoms with Crippen molar-refractivity contribution in [2.24, 2.45) is 0 Å². The molecule has 1 aromatic carbocycles. The van der Waals surface area contributed by atoms with Crippen LogP contribution in [-0.4, -0.2) is 32.6 Å². The first-order chi connectivity index (χ1) is 12.4. The zero-order valence-electron chi connectivity index (χ0n) is 14.1. The Balaban J connectivity index is 1.80. The van der Waals surface area contributed by atoms with E-state index in [4.69, 9.17) is 4.74 Å². The molecule has 0 atom stereocenters. The predicted molar refractivity (Wildman–Crippen MR) is 92.2 cm³/mol. The van der Waals surface area contributed by atoms with Gasteiger partial charge in [0.2, 0.25) is 0 Å². The Morgan fingerprint density at radius 3 is 2.73 bits per heavy atom. The summed E-state index contributed by atoms with van der Waals surface area (Å²) in [6.07, 6.45) is 1.39. The van der Waals surface area contributed by atoms with E-state index < -0.39 is 18.4 Å². The Bertz CT molecular complexity index is 909. The average Bonchev–Trinajstić information content (AvgIpc) is 3.22. The third kappa shape index (κ3) is 3.77. The fraction of sp³-hybridized carbons (Fsp3) is 0.294. The first-order valence-corrected chi connectivity index (χ1v) is 8.70. The van der Waals surface area contributed by atoms with Crippen LogP contribution in [0.25, 0.3) is 10.7 Å². The van der Waals surface area contributed by atoms with Crippen molar-refractivity contribution in [1.29, 1.82) is 0 Å². The predicted octanol–water partition coefficient (Wildman–Crippen LogP) is 3.68. The largest absolute Gasteiger partial charge is 0.462 e. The van der Waals surface area contributed by atoms with Crippen molar-refractivity contribution in [3.05, 3.63) is 52.7 Å². The van der Waals surface area contributed by atoms with Crippen molar-refractivity contribution in [2.45, 2.75) is 26.3 Å². The Morgan fingerprint density at radius 2 is 2.04 bits per heavy atom. The third-order valence-corrected chi connectivity index (χ3v) is 4.73. The highest BCUT2D eigenvalue weighted by Gasteiger charge is 2.32. The molecule has 0 radical (unpaired) electrons. The van der Waals surface area contributed by atoms with Crippen LogP contribution >= 0.6 is 11.3 Å². The van der Waals surface area contributed by atoms with Gasteiger partial charge < -0.3 is 4.74 Å². The van der Waals surface area contributed by atoms with Crippen LogP contribution in [0.4, 0.5) is 8.78 Å². The second-order valence-electron chi connectivity index (χ2n) is 5.53. The summed E-state index contributed by atoms with van der Waals surface area (Å²) in [6, 6.07) is 7.54. The Labute approximate surface area is 152 Å². The number of carbonyl (C=O) groups is 1. The lowest BCUT2D eigenvalue weighted by molar-refractivity contribution is -0.0258. The Morgan fingerprint density at radius 1 is 1.31 bits per heavy atom. The Hall–Kier alpha value is -2.68. The number of nitrogens with zero attached hydrogens (tertiary/aromatic N) is 4. The van der Waals surface area contributed by atoms with Gasteiger partial charge in [0, 0.05) is 5.56 Å². The smallest absolute Gasteiger partial charge is 0.350 e. The summed E-state index contributed by atoms with van der Waals surface area (Å²) < 4.78 is 34.7. The molecule has 6 nitrogen and oxygen atoms in total. The van der Waals surface area contributed by atoms with E-state index in [0.717, 1.165) is 16.0 Å². The molecule has 0 spiro atoms. The maximum absolute atomic E-state index is 14.3. The van der Waals surface area contributed by atoms with E-state index in [2.05, 4.69) is 15.3 Å². The maximum Gasteiger partial charge on any atom is 0.350 e. The van der Waals surface area contributed by atoms with Crippen LogP contribution in [0.15, 0.2) is 36.5 Å². The molecule has 0 aliphatic heterocycles.